The average molecular weight is 345 g/mol. The molecular weight excluding hydrogens is 324 g/mol. The van der Waals surface area contributed by atoms with Crippen molar-refractivity contribution in [3.05, 3.63) is 52.8 Å². The number of carbonyl (C=O) groups excluding carboxylic acids is 1. The zero-order chi connectivity index (χ0) is 16.9. The van der Waals surface area contributed by atoms with Gasteiger partial charge in [-0.05, 0) is 43.5 Å². The summed E-state index contributed by atoms with van der Waals surface area (Å²) < 4.78 is 0. The summed E-state index contributed by atoms with van der Waals surface area (Å²) in [6.07, 6.45) is 3.63. The van der Waals surface area contributed by atoms with Crippen LogP contribution in [-0.4, -0.2) is 29.0 Å². The van der Waals surface area contributed by atoms with Crippen LogP contribution in [0, 0.1) is 12.8 Å². The molecule has 1 N–H and O–H groups in total. The molecule has 1 aliphatic rings. The fourth-order valence-electron chi connectivity index (χ4n) is 2.90. The van der Waals surface area contributed by atoms with Crippen molar-refractivity contribution in [2.45, 2.75) is 26.3 Å². The molecule has 1 aromatic carbocycles. The number of piperidine rings is 1. The van der Waals surface area contributed by atoms with Crippen molar-refractivity contribution in [1.82, 2.24) is 15.3 Å². The lowest BCUT2D eigenvalue weighted by Gasteiger charge is -2.32. The fraction of sp³-hybridized carbons (Fsp3) is 0.389. The number of amides is 1. The number of aryl methyl sites for hydroxylation is 1. The van der Waals surface area contributed by atoms with Gasteiger partial charge in [-0.1, -0.05) is 23.7 Å². The molecule has 2 aromatic rings. The van der Waals surface area contributed by atoms with E-state index < -0.39 is 0 Å². The second-order valence-corrected chi connectivity index (χ2v) is 6.56. The van der Waals surface area contributed by atoms with Crippen molar-refractivity contribution in [3.63, 3.8) is 0 Å². The summed E-state index contributed by atoms with van der Waals surface area (Å²) in [7, 11) is 0. The molecule has 2 heterocycles. The van der Waals surface area contributed by atoms with Crippen LogP contribution in [0.25, 0.3) is 0 Å². The van der Waals surface area contributed by atoms with Crippen molar-refractivity contribution < 1.29 is 4.79 Å². The topological polar surface area (TPSA) is 58.1 Å². The van der Waals surface area contributed by atoms with Gasteiger partial charge in [-0.3, -0.25) is 4.79 Å². The minimum atomic E-state index is -0.0323. The number of nitrogens with zero attached hydrogens (tertiary/aromatic N) is 3. The van der Waals surface area contributed by atoms with Crippen LogP contribution in [0.4, 0.5) is 5.95 Å². The third kappa shape index (κ3) is 4.23. The van der Waals surface area contributed by atoms with Gasteiger partial charge in [-0.15, -0.1) is 0 Å². The molecule has 3 rings (SSSR count). The Kier molecular flexibility index (Phi) is 5.30. The van der Waals surface area contributed by atoms with E-state index >= 15 is 0 Å². The van der Waals surface area contributed by atoms with Gasteiger partial charge in [0.2, 0.25) is 11.9 Å². The molecule has 0 aliphatic carbocycles. The highest BCUT2D eigenvalue weighted by Gasteiger charge is 2.26. The lowest BCUT2D eigenvalue weighted by molar-refractivity contribution is -0.125. The molecule has 126 valence electrons. The molecule has 1 aliphatic heterocycles. The number of carbonyl (C=O) groups is 1. The summed E-state index contributed by atoms with van der Waals surface area (Å²) in [6.45, 7) is 4.03. The number of rotatable bonds is 4. The molecule has 0 bridgehead atoms. The smallest absolute Gasteiger partial charge is 0.225 e. The van der Waals surface area contributed by atoms with Gasteiger partial charge in [0.15, 0.2) is 0 Å². The summed E-state index contributed by atoms with van der Waals surface area (Å²) in [5.74, 6) is 0.766. The zero-order valence-corrected chi connectivity index (χ0v) is 14.5. The van der Waals surface area contributed by atoms with E-state index in [1.807, 2.05) is 37.3 Å². The number of nitrogens with one attached hydrogen (secondary N) is 1. The summed E-state index contributed by atoms with van der Waals surface area (Å²) >= 11 is 5.88. The summed E-state index contributed by atoms with van der Waals surface area (Å²) in [4.78, 5) is 23.4. The lowest BCUT2D eigenvalue weighted by Crippen LogP contribution is -2.43. The summed E-state index contributed by atoms with van der Waals surface area (Å²) in [5, 5.41) is 3.72. The van der Waals surface area contributed by atoms with E-state index in [2.05, 4.69) is 20.2 Å². The Hall–Kier alpha value is -2.14. The predicted octanol–water partition coefficient (Wildman–Crippen LogP) is 2.97. The van der Waals surface area contributed by atoms with Gasteiger partial charge in [0.25, 0.3) is 0 Å². The lowest BCUT2D eigenvalue weighted by atomic mass is 9.97. The molecule has 6 heteroatoms. The van der Waals surface area contributed by atoms with Gasteiger partial charge >= 0.3 is 0 Å². The van der Waals surface area contributed by atoms with Gasteiger partial charge in [-0.2, -0.15) is 0 Å². The van der Waals surface area contributed by atoms with Gasteiger partial charge in [0.05, 0.1) is 5.92 Å². The van der Waals surface area contributed by atoms with Crippen LogP contribution in [0.15, 0.2) is 36.5 Å². The maximum atomic E-state index is 12.5. The van der Waals surface area contributed by atoms with Crippen molar-refractivity contribution in [2.24, 2.45) is 5.92 Å². The van der Waals surface area contributed by atoms with E-state index in [1.165, 1.54) is 0 Å². The number of benzene rings is 1. The predicted molar refractivity (Wildman–Crippen MR) is 95.0 cm³/mol. The highest BCUT2D eigenvalue weighted by molar-refractivity contribution is 6.30. The molecule has 0 unspecified atom stereocenters. The average Bonchev–Trinajstić information content (AvgIpc) is 2.61. The minimum absolute atomic E-state index is 0.0323. The first-order valence-corrected chi connectivity index (χ1v) is 8.56. The van der Waals surface area contributed by atoms with E-state index in [9.17, 15) is 4.79 Å². The van der Waals surface area contributed by atoms with Crippen molar-refractivity contribution in [2.75, 3.05) is 18.0 Å². The molecule has 0 radical (unpaired) electrons. The largest absolute Gasteiger partial charge is 0.352 e. The quantitative estimate of drug-likeness (QED) is 0.926. The number of aromatic nitrogens is 2. The van der Waals surface area contributed by atoms with E-state index in [0.29, 0.717) is 24.1 Å². The highest BCUT2D eigenvalue weighted by atomic mass is 35.5. The van der Waals surface area contributed by atoms with Crippen LogP contribution < -0.4 is 10.2 Å². The third-order valence-electron chi connectivity index (χ3n) is 4.24. The highest BCUT2D eigenvalue weighted by Crippen LogP contribution is 2.20. The minimum Gasteiger partial charge on any atom is -0.352 e. The Morgan fingerprint density at radius 1 is 1.33 bits per heavy atom. The molecule has 0 saturated carbocycles. The molecule has 1 saturated heterocycles. The van der Waals surface area contributed by atoms with Crippen molar-refractivity contribution >= 4 is 23.5 Å². The number of hydrogen-bond donors (Lipinski definition) is 1. The Balaban J connectivity index is 1.57. The standard InChI is InChI=1S/C18H21ClN4O/c1-13-8-9-20-18(22-13)23-10-2-3-15(12-23)17(24)21-11-14-4-6-16(19)7-5-14/h4-9,15H,2-3,10-12H2,1H3,(H,21,24)/t15-/m1/s1. The van der Waals surface area contributed by atoms with Gasteiger partial charge in [-0.25, -0.2) is 9.97 Å². The molecule has 0 spiro atoms. The van der Waals surface area contributed by atoms with E-state index in [-0.39, 0.29) is 11.8 Å². The van der Waals surface area contributed by atoms with Crippen molar-refractivity contribution in [1.29, 1.82) is 0 Å². The van der Waals surface area contributed by atoms with Crippen LogP contribution in [0.3, 0.4) is 0 Å². The Bertz CT molecular complexity index is 704. The molecule has 5 nitrogen and oxygen atoms in total. The molecular formula is C18H21ClN4O. The third-order valence-corrected chi connectivity index (χ3v) is 4.49. The summed E-state index contributed by atoms with van der Waals surface area (Å²) in [6, 6.07) is 9.40. The van der Waals surface area contributed by atoms with Crippen molar-refractivity contribution in [3.8, 4) is 0 Å². The van der Waals surface area contributed by atoms with Crippen LogP contribution in [-0.2, 0) is 11.3 Å². The van der Waals surface area contributed by atoms with E-state index in [1.54, 1.807) is 6.20 Å². The van der Waals surface area contributed by atoms with Crippen LogP contribution in [0.1, 0.15) is 24.1 Å². The fourth-order valence-corrected chi connectivity index (χ4v) is 3.02. The number of halogens is 1. The monoisotopic (exact) mass is 344 g/mol. The Morgan fingerprint density at radius 3 is 2.88 bits per heavy atom. The SMILES string of the molecule is Cc1ccnc(N2CCC[C@@H](C(=O)NCc3ccc(Cl)cc3)C2)n1. The van der Waals surface area contributed by atoms with Gasteiger partial charge in [0, 0.05) is 36.5 Å². The number of anilines is 1. The number of hydrogen-bond acceptors (Lipinski definition) is 4. The first kappa shape index (κ1) is 16.7. The van der Waals surface area contributed by atoms with E-state index in [0.717, 1.165) is 30.6 Å². The Morgan fingerprint density at radius 2 is 2.12 bits per heavy atom. The van der Waals surface area contributed by atoms with Crippen LogP contribution in [0.2, 0.25) is 5.02 Å². The zero-order valence-electron chi connectivity index (χ0n) is 13.7. The first-order chi connectivity index (χ1) is 11.6. The molecule has 1 fully saturated rings. The van der Waals surface area contributed by atoms with E-state index in [4.69, 9.17) is 11.6 Å². The van der Waals surface area contributed by atoms with Crippen LogP contribution in [0.5, 0.6) is 0 Å². The summed E-state index contributed by atoms with van der Waals surface area (Å²) in [5.41, 5.74) is 1.98. The maximum Gasteiger partial charge on any atom is 0.225 e. The van der Waals surface area contributed by atoms with Gasteiger partial charge < -0.3 is 10.2 Å². The maximum absolute atomic E-state index is 12.5. The first-order valence-electron chi connectivity index (χ1n) is 8.18. The molecule has 1 aromatic heterocycles. The van der Waals surface area contributed by atoms with Gasteiger partial charge in [0.1, 0.15) is 0 Å². The normalized spacial score (nSPS) is 17.6. The molecule has 24 heavy (non-hydrogen) atoms. The second kappa shape index (κ2) is 7.62. The Labute approximate surface area is 147 Å². The van der Waals surface area contributed by atoms with Crippen LogP contribution >= 0.6 is 11.6 Å². The second-order valence-electron chi connectivity index (χ2n) is 6.13. The molecule has 1 amide bonds. The molecule has 1 atom stereocenters.